The van der Waals surface area contributed by atoms with E-state index >= 15 is 0 Å². The number of hydrogen-bond acceptors (Lipinski definition) is 4. The van der Waals surface area contributed by atoms with Crippen molar-refractivity contribution >= 4 is 5.91 Å². The molecular formula is C21H18F6N4O. The summed E-state index contributed by atoms with van der Waals surface area (Å²) in [5.74, 6) is -4.12. The first kappa shape index (κ1) is 21.2. The van der Waals surface area contributed by atoms with E-state index in [1.54, 1.807) is 4.90 Å². The number of fused-ring (bicyclic) bond motifs is 1. The molecule has 2 saturated carbocycles. The molecule has 3 fully saturated rings. The van der Waals surface area contributed by atoms with Gasteiger partial charge in [0, 0.05) is 36.6 Å². The second-order valence-electron chi connectivity index (χ2n) is 8.88. The highest BCUT2D eigenvalue weighted by molar-refractivity contribution is 5.92. The van der Waals surface area contributed by atoms with E-state index in [1.807, 2.05) is 0 Å². The van der Waals surface area contributed by atoms with Gasteiger partial charge in [0.1, 0.15) is 5.82 Å². The number of nitrogens with two attached hydrogens (primary N) is 1. The van der Waals surface area contributed by atoms with Crippen molar-refractivity contribution in [2.45, 2.75) is 50.0 Å². The Morgan fingerprint density at radius 2 is 1.78 bits per heavy atom. The first-order valence-electron chi connectivity index (χ1n) is 10.1. The van der Waals surface area contributed by atoms with Crippen LogP contribution in [0.25, 0.3) is 0 Å². The number of hydrogen-bond donors (Lipinski definition) is 1. The lowest BCUT2D eigenvalue weighted by molar-refractivity contribution is -0.138. The monoisotopic (exact) mass is 456 g/mol. The molecule has 5 unspecified atom stereocenters. The molecule has 5 nitrogen and oxygen atoms in total. The smallest absolute Gasteiger partial charge is 0.329 e. The summed E-state index contributed by atoms with van der Waals surface area (Å²) < 4.78 is 78.8. The zero-order valence-corrected chi connectivity index (χ0v) is 16.5. The van der Waals surface area contributed by atoms with Gasteiger partial charge in [0.2, 0.25) is 5.82 Å². The Labute approximate surface area is 178 Å². The van der Waals surface area contributed by atoms with Crippen LogP contribution in [0.5, 0.6) is 0 Å². The topological polar surface area (TPSA) is 72.1 Å². The Morgan fingerprint density at radius 1 is 1.12 bits per heavy atom. The first-order valence-corrected chi connectivity index (χ1v) is 10.1. The van der Waals surface area contributed by atoms with Gasteiger partial charge < -0.3 is 10.6 Å². The van der Waals surface area contributed by atoms with Crippen molar-refractivity contribution in [2.75, 3.05) is 0 Å². The summed E-state index contributed by atoms with van der Waals surface area (Å²) in [4.78, 5) is 21.7. The van der Waals surface area contributed by atoms with Gasteiger partial charge in [0.25, 0.3) is 5.91 Å². The van der Waals surface area contributed by atoms with E-state index in [4.69, 9.17) is 5.73 Å². The number of rotatable bonds is 4. The first-order chi connectivity index (χ1) is 15.0. The van der Waals surface area contributed by atoms with E-state index in [0.29, 0.717) is 37.7 Å². The molecule has 2 N–H and O–H groups in total. The average molecular weight is 456 g/mol. The summed E-state index contributed by atoms with van der Waals surface area (Å²) in [7, 11) is 0. The maximum absolute atomic E-state index is 14.0. The number of nitrogens with zero attached hydrogens (tertiary/aromatic N) is 3. The molecule has 2 heterocycles. The van der Waals surface area contributed by atoms with E-state index in [2.05, 4.69) is 9.97 Å². The van der Waals surface area contributed by atoms with E-state index in [-0.39, 0.29) is 41.2 Å². The van der Waals surface area contributed by atoms with E-state index in [0.717, 1.165) is 6.07 Å². The van der Waals surface area contributed by atoms with Gasteiger partial charge in [-0.05, 0) is 48.6 Å². The van der Waals surface area contributed by atoms with Crippen molar-refractivity contribution < 1.29 is 31.1 Å². The Bertz CT molecular complexity index is 1090. The number of carbonyl (C=O) groups is 1. The highest BCUT2D eigenvalue weighted by atomic mass is 19.4. The van der Waals surface area contributed by atoms with E-state index in [1.165, 1.54) is 0 Å². The third kappa shape index (κ3) is 3.16. The maximum Gasteiger partial charge on any atom is 0.419 e. The number of aromatic nitrogens is 2. The van der Waals surface area contributed by atoms with Crippen LogP contribution in [-0.4, -0.2) is 38.9 Å². The third-order valence-corrected chi connectivity index (χ3v) is 7.15. The quantitative estimate of drug-likeness (QED) is 0.565. The Kier molecular flexibility index (Phi) is 4.57. The van der Waals surface area contributed by atoms with E-state index < -0.39 is 41.1 Å². The normalized spacial score (nSPS) is 29.2. The van der Waals surface area contributed by atoms with Crippen LogP contribution in [-0.2, 0) is 12.6 Å². The second-order valence-corrected chi connectivity index (χ2v) is 8.88. The summed E-state index contributed by atoms with van der Waals surface area (Å²) >= 11 is 0. The standard InChI is InChI=1S/C21H18F6N4O/c22-13-4-15(24)14(23)1-9(13)2-16(28)12-3-11-5-20(12)6-17(20)31(11)19(32)18-29-7-10(8-30-18)21(25,26)27/h1,4,7-8,11-12,16-17H,2-3,5-6,28H2. The highest BCUT2D eigenvalue weighted by Gasteiger charge is 2.74. The molecule has 1 spiro atoms. The van der Waals surface area contributed by atoms with Gasteiger partial charge in [0.05, 0.1) is 5.56 Å². The lowest BCUT2D eigenvalue weighted by Crippen LogP contribution is -2.45. The molecule has 2 aromatic rings. The summed E-state index contributed by atoms with van der Waals surface area (Å²) in [6.45, 7) is 0. The Hall–Kier alpha value is -2.69. The molecule has 1 aromatic heterocycles. The zero-order chi connectivity index (χ0) is 23.0. The van der Waals surface area contributed by atoms with Crippen LogP contribution in [0.3, 0.4) is 0 Å². The Balaban J connectivity index is 1.29. The molecule has 11 heteroatoms. The largest absolute Gasteiger partial charge is 0.419 e. The summed E-state index contributed by atoms with van der Waals surface area (Å²) in [5, 5.41) is 0. The molecular weight excluding hydrogens is 438 g/mol. The lowest BCUT2D eigenvalue weighted by Gasteiger charge is -2.33. The van der Waals surface area contributed by atoms with Crippen molar-refractivity contribution in [3.8, 4) is 0 Å². The molecule has 2 aliphatic carbocycles. The molecule has 32 heavy (non-hydrogen) atoms. The fraction of sp³-hybridized carbons (Fsp3) is 0.476. The number of alkyl halides is 3. The van der Waals surface area contributed by atoms with Crippen LogP contribution in [0, 0.1) is 28.8 Å². The minimum atomic E-state index is -4.59. The van der Waals surface area contributed by atoms with Gasteiger partial charge in [-0.25, -0.2) is 23.1 Å². The summed E-state index contributed by atoms with van der Waals surface area (Å²) in [6, 6.07) is 0.505. The minimum Gasteiger partial charge on any atom is -0.329 e. The van der Waals surface area contributed by atoms with Crippen LogP contribution in [0.2, 0.25) is 0 Å². The van der Waals surface area contributed by atoms with Crippen molar-refractivity contribution in [1.82, 2.24) is 14.9 Å². The number of carbonyl (C=O) groups excluding carboxylic acids is 1. The van der Waals surface area contributed by atoms with Gasteiger partial charge in [-0.1, -0.05) is 0 Å². The SMILES string of the molecule is NC(Cc1cc(F)c(F)cc1F)C1CC2CC13CC3N2C(=O)c1ncc(C(F)(F)F)cn1. The lowest BCUT2D eigenvalue weighted by atomic mass is 9.82. The van der Waals surface area contributed by atoms with Crippen molar-refractivity contribution in [3.63, 3.8) is 0 Å². The minimum absolute atomic E-state index is 0.00106. The summed E-state index contributed by atoms with van der Waals surface area (Å²) in [6.07, 6.45) is -1.49. The van der Waals surface area contributed by atoms with Gasteiger partial charge in [-0.3, -0.25) is 4.79 Å². The summed E-state index contributed by atoms with van der Waals surface area (Å²) in [5.41, 5.74) is 5.06. The number of likely N-dealkylation sites (tertiary alicyclic amines) is 1. The van der Waals surface area contributed by atoms with Crippen LogP contribution >= 0.6 is 0 Å². The number of halogens is 6. The molecule has 1 aromatic carbocycles. The van der Waals surface area contributed by atoms with E-state index in [9.17, 15) is 31.1 Å². The average Bonchev–Trinajstić information content (AvgIpc) is 3.21. The molecule has 1 saturated heterocycles. The Morgan fingerprint density at radius 3 is 2.41 bits per heavy atom. The fourth-order valence-electron chi connectivity index (χ4n) is 5.69. The van der Waals surface area contributed by atoms with Crippen LogP contribution in [0.1, 0.15) is 41.0 Å². The van der Waals surface area contributed by atoms with Crippen LogP contribution in [0.4, 0.5) is 26.3 Å². The molecule has 5 rings (SSSR count). The predicted molar refractivity (Wildman–Crippen MR) is 98.5 cm³/mol. The van der Waals surface area contributed by atoms with Crippen LogP contribution in [0.15, 0.2) is 24.5 Å². The van der Waals surface area contributed by atoms with Crippen molar-refractivity contribution in [1.29, 1.82) is 0 Å². The molecule has 1 amide bonds. The zero-order valence-electron chi connectivity index (χ0n) is 16.5. The van der Waals surface area contributed by atoms with Gasteiger partial charge in [-0.2, -0.15) is 13.2 Å². The predicted octanol–water partition coefficient (Wildman–Crippen LogP) is 3.48. The second kappa shape index (κ2) is 6.90. The van der Waals surface area contributed by atoms with Crippen LogP contribution < -0.4 is 5.73 Å². The maximum atomic E-state index is 14.0. The third-order valence-electron chi connectivity index (χ3n) is 7.15. The van der Waals surface area contributed by atoms with Gasteiger partial charge in [-0.15, -0.1) is 0 Å². The number of amides is 1. The van der Waals surface area contributed by atoms with Gasteiger partial charge >= 0.3 is 6.18 Å². The molecule has 5 atom stereocenters. The van der Waals surface area contributed by atoms with Gasteiger partial charge in [0.15, 0.2) is 11.6 Å². The molecule has 0 radical (unpaired) electrons. The molecule has 170 valence electrons. The molecule has 3 aliphatic rings. The highest BCUT2D eigenvalue weighted by Crippen LogP contribution is 2.71. The number of benzene rings is 1. The van der Waals surface area contributed by atoms with Crippen molar-refractivity contribution in [2.24, 2.45) is 17.1 Å². The number of piperidine rings is 2. The van der Waals surface area contributed by atoms with Crippen molar-refractivity contribution in [3.05, 3.63) is 58.9 Å². The fourth-order valence-corrected chi connectivity index (χ4v) is 5.69. The molecule has 2 bridgehead atoms. The molecule has 1 aliphatic heterocycles.